The summed E-state index contributed by atoms with van der Waals surface area (Å²) in [6.45, 7) is 2.05. The number of aliphatic hydroxyl groups is 1. The van der Waals surface area contributed by atoms with Crippen LogP contribution in [0.3, 0.4) is 0 Å². The lowest BCUT2D eigenvalue weighted by atomic mass is 9.71. The van der Waals surface area contributed by atoms with Crippen LogP contribution in [-0.2, 0) is 4.79 Å². The summed E-state index contributed by atoms with van der Waals surface area (Å²) in [4.78, 5) is 11.2. The van der Waals surface area contributed by atoms with E-state index in [1.807, 2.05) is 31.2 Å². The summed E-state index contributed by atoms with van der Waals surface area (Å²) in [7, 11) is 0. The molecule has 0 radical (unpaired) electrons. The quantitative estimate of drug-likeness (QED) is 0.614. The van der Waals surface area contributed by atoms with Gasteiger partial charge in [0.2, 0.25) is 0 Å². The Hall–Kier alpha value is -1.31. The first-order valence-corrected chi connectivity index (χ1v) is 4.46. The van der Waals surface area contributed by atoms with Crippen LogP contribution in [-0.4, -0.2) is 10.9 Å². The van der Waals surface area contributed by atoms with Gasteiger partial charge in [0.15, 0.2) is 11.5 Å². The first-order valence-electron chi connectivity index (χ1n) is 4.46. The lowest BCUT2D eigenvalue weighted by Crippen LogP contribution is -2.27. The highest BCUT2D eigenvalue weighted by Gasteiger charge is 2.35. The largest absolute Gasteiger partial charge is 0.504 e. The van der Waals surface area contributed by atoms with Crippen LogP contribution in [0.25, 0.3) is 0 Å². The van der Waals surface area contributed by atoms with E-state index >= 15 is 0 Å². The van der Waals surface area contributed by atoms with Gasteiger partial charge in [-0.1, -0.05) is 31.2 Å². The van der Waals surface area contributed by atoms with Gasteiger partial charge in [-0.2, -0.15) is 0 Å². The summed E-state index contributed by atoms with van der Waals surface area (Å²) in [6, 6.07) is 0. The molecule has 1 atom stereocenters. The van der Waals surface area contributed by atoms with Gasteiger partial charge in [0.05, 0.1) is 0 Å². The SMILES string of the molecule is CC12C=CC=CC1=C(O)C(=O)CC2. The molecule has 0 spiro atoms. The highest BCUT2D eigenvalue weighted by Crippen LogP contribution is 2.42. The van der Waals surface area contributed by atoms with E-state index in [9.17, 15) is 9.90 Å². The van der Waals surface area contributed by atoms with E-state index in [4.69, 9.17) is 0 Å². The summed E-state index contributed by atoms with van der Waals surface area (Å²) in [5.41, 5.74) is 0.637. The molecule has 68 valence electrons. The average molecular weight is 176 g/mol. The van der Waals surface area contributed by atoms with Crippen molar-refractivity contribution in [1.29, 1.82) is 0 Å². The lowest BCUT2D eigenvalue weighted by molar-refractivity contribution is -0.119. The lowest BCUT2D eigenvalue weighted by Gasteiger charge is -2.33. The van der Waals surface area contributed by atoms with Gasteiger partial charge in [-0.05, 0) is 6.42 Å². The molecule has 0 aromatic carbocycles. The van der Waals surface area contributed by atoms with Crippen LogP contribution in [0, 0.1) is 5.41 Å². The number of rotatable bonds is 0. The Balaban J connectivity index is 2.55. The zero-order valence-electron chi connectivity index (χ0n) is 7.58. The van der Waals surface area contributed by atoms with Crippen molar-refractivity contribution >= 4 is 5.78 Å². The zero-order chi connectivity index (χ0) is 9.47. The fourth-order valence-corrected chi connectivity index (χ4v) is 1.91. The van der Waals surface area contributed by atoms with E-state index < -0.39 is 0 Å². The van der Waals surface area contributed by atoms with Crippen LogP contribution in [0.4, 0.5) is 0 Å². The number of hydrogen-bond donors (Lipinski definition) is 1. The number of allylic oxidation sites excluding steroid dienone is 6. The Labute approximate surface area is 77.3 Å². The van der Waals surface area contributed by atoms with Crippen LogP contribution in [0.1, 0.15) is 19.8 Å². The fraction of sp³-hybridized carbons (Fsp3) is 0.364. The van der Waals surface area contributed by atoms with E-state index in [1.54, 1.807) is 0 Å². The molecule has 0 bridgehead atoms. The van der Waals surface area contributed by atoms with E-state index in [0.717, 1.165) is 12.0 Å². The van der Waals surface area contributed by atoms with Gasteiger partial charge in [0.1, 0.15) is 0 Å². The molecule has 2 rings (SSSR count). The third-order valence-corrected chi connectivity index (χ3v) is 2.84. The minimum absolute atomic E-state index is 0.0469. The molecule has 1 unspecified atom stereocenters. The second kappa shape index (κ2) is 2.59. The Kier molecular flexibility index (Phi) is 1.65. The summed E-state index contributed by atoms with van der Waals surface area (Å²) >= 11 is 0. The van der Waals surface area contributed by atoms with Crippen LogP contribution in [0.5, 0.6) is 0 Å². The molecule has 2 aliphatic carbocycles. The molecule has 0 fully saturated rings. The number of fused-ring (bicyclic) bond motifs is 1. The Morgan fingerprint density at radius 1 is 1.46 bits per heavy atom. The van der Waals surface area contributed by atoms with E-state index in [2.05, 4.69) is 0 Å². The van der Waals surface area contributed by atoms with Crippen LogP contribution in [0.2, 0.25) is 0 Å². The van der Waals surface area contributed by atoms with Crippen molar-refractivity contribution in [2.24, 2.45) is 5.41 Å². The van der Waals surface area contributed by atoms with Crippen molar-refractivity contribution in [3.63, 3.8) is 0 Å². The number of Topliss-reactive ketones (excluding diaryl/α,β-unsaturated/α-hetero) is 1. The number of ketones is 1. The van der Waals surface area contributed by atoms with Crippen molar-refractivity contribution in [1.82, 2.24) is 0 Å². The predicted octanol–water partition coefficient (Wildman–Crippen LogP) is 2.29. The standard InChI is InChI=1S/C11H12O2/c1-11-6-3-2-4-8(11)10(13)9(12)5-7-11/h2-4,6,13H,5,7H2,1H3. The van der Waals surface area contributed by atoms with E-state index in [0.29, 0.717) is 6.42 Å². The molecular weight excluding hydrogens is 164 g/mol. The molecule has 2 nitrogen and oxygen atoms in total. The third kappa shape index (κ3) is 1.13. The predicted molar refractivity (Wildman–Crippen MR) is 50.3 cm³/mol. The second-order valence-corrected chi connectivity index (χ2v) is 3.82. The van der Waals surface area contributed by atoms with Crippen molar-refractivity contribution in [3.8, 4) is 0 Å². The zero-order valence-corrected chi connectivity index (χ0v) is 7.58. The van der Waals surface area contributed by atoms with Gasteiger partial charge in [0, 0.05) is 17.4 Å². The summed E-state index contributed by atoms with van der Waals surface area (Å²) in [5, 5.41) is 9.58. The molecule has 0 aromatic heterocycles. The van der Waals surface area contributed by atoms with Crippen molar-refractivity contribution in [3.05, 3.63) is 35.6 Å². The number of aliphatic hydroxyl groups excluding tert-OH is 1. The molecule has 2 aliphatic rings. The van der Waals surface area contributed by atoms with Crippen molar-refractivity contribution in [2.45, 2.75) is 19.8 Å². The Morgan fingerprint density at radius 3 is 3.00 bits per heavy atom. The van der Waals surface area contributed by atoms with Gasteiger partial charge in [-0.3, -0.25) is 4.79 Å². The molecular formula is C11H12O2. The summed E-state index contributed by atoms with van der Waals surface area (Å²) in [6.07, 6.45) is 8.94. The molecule has 13 heavy (non-hydrogen) atoms. The molecule has 0 aliphatic heterocycles. The van der Waals surface area contributed by atoms with Gasteiger partial charge in [0.25, 0.3) is 0 Å². The second-order valence-electron chi connectivity index (χ2n) is 3.82. The Morgan fingerprint density at radius 2 is 2.23 bits per heavy atom. The van der Waals surface area contributed by atoms with E-state index in [-0.39, 0.29) is 17.0 Å². The maximum Gasteiger partial charge on any atom is 0.197 e. The molecule has 0 heterocycles. The topological polar surface area (TPSA) is 37.3 Å². The smallest absolute Gasteiger partial charge is 0.197 e. The molecule has 1 N–H and O–H groups in total. The van der Waals surface area contributed by atoms with Crippen LogP contribution in [0.15, 0.2) is 35.6 Å². The molecule has 0 amide bonds. The van der Waals surface area contributed by atoms with Gasteiger partial charge >= 0.3 is 0 Å². The van der Waals surface area contributed by atoms with E-state index in [1.165, 1.54) is 0 Å². The number of carbonyl (C=O) groups is 1. The summed E-state index contributed by atoms with van der Waals surface area (Å²) < 4.78 is 0. The minimum Gasteiger partial charge on any atom is -0.504 e. The van der Waals surface area contributed by atoms with Gasteiger partial charge in [-0.25, -0.2) is 0 Å². The average Bonchev–Trinajstić information content (AvgIpc) is 2.12. The summed E-state index contributed by atoms with van der Waals surface area (Å²) in [5.74, 6) is -0.179. The highest BCUT2D eigenvalue weighted by molar-refractivity contribution is 5.95. The van der Waals surface area contributed by atoms with Crippen LogP contribution < -0.4 is 0 Å². The molecule has 0 aromatic rings. The first-order chi connectivity index (χ1) is 6.13. The van der Waals surface area contributed by atoms with Crippen molar-refractivity contribution < 1.29 is 9.90 Å². The van der Waals surface area contributed by atoms with Crippen LogP contribution >= 0.6 is 0 Å². The molecule has 2 heteroatoms. The first kappa shape index (κ1) is 8.30. The third-order valence-electron chi connectivity index (χ3n) is 2.84. The van der Waals surface area contributed by atoms with Crippen molar-refractivity contribution in [2.75, 3.05) is 0 Å². The normalized spacial score (nSPS) is 32.2. The minimum atomic E-state index is -0.132. The monoisotopic (exact) mass is 176 g/mol. The number of hydrogen-bond acceptors (Lipinski definition) is 2. The highest BCUT2D eigenvalue weighted by atomic mass is 16.3. The molecule has 0 saturated carbocycles. The maximum absolute atomic E-state index is 11.2. The maximum atomic E-state index is 11.2. The van der Waals surface area contributed by atoms with Gasteiger partial charge in [-0.15, -0.1) is 0 Å². The van der Waals surface area contributed by atoms with Gasteiger partial charge < -0.3 is 5.11 Å². The fourth-order valence-electron chi connectivity index (χ4n) is 1.91. The Bertz CT molecular complexity index is 347. The number of carbonyl (C=O) groups excluding carboxylic acids is 1. The molecule has 0 saturated heterocycles.